The quantitative estimate of drug-likeness (QED) is 0.648. The summed E-state index contributed by atoms with van der Waals surface area (Å²) >= 11 is 0. The van der Waals surface area contributed by atoms with E-state index in [-0.39, 0.29) is 43.5 Å². The minimum absolute atomic E-state index is 0.0154. The maximum Gasteiger partial charge on any atom is 0.407 e. The predicted molar refractivity (Wildman–Crippen MR) is 125 cm³/mol. The van der Waals surface area contributed by atoms with Crippen LogP contribution in [0.25, 0.3) is 11.1 Å². The number of carboxylic acid groups (broad SMARTS) is 1. The molecule has 1 aliphatic heterocycles. The molecule has 3 unspecified atom stereocenters. The first-order chi connectivity index (χ1) is 16.3. The first-order valence-corrected chi connectivity index (χ1v) is 11.6. The Kier molecular flexibility index (Phi) is 7.17. The molecule has 1 heterocycles. The maximum atomic E-state index is 13.1. The monoisotopic (exact) mass is 466 g/mol. The molecule has 8 nitrogen and oxygen atoms in total. The number of hydrogen-bond donors (Lipinski definition) is 2. The number of rotatable bonds is 7. The van der Waals surface area contributed by atoms with Crippen molar-refractivity contribution in [1.29, 1.82) is 0 Å². The number of carbonyl (C=O) groups excluding carboxylic acids is 2. The van der Waals surface area contributed by atoms with Crippen LogP contribution >= 0.6 is 0 Å². The summed E-state index contributed by atoms with van der Waals surface area (Å²) in [6, 6.07) is 15.1. The first kappa shape index (κ1) is 23.8. The van der Waals surface area contributed by atoms with Crippen LogP contribution in [0.4, 0.5) is 4.79 Å². The van der Waals surface area contributed by atoms with Gasteiger partial charge in [-0.25, -0.2) is 4.79 Å². The molecule has 0 bridgehead atoms. The van der Waals surface area contributed by atoms with Crippen LogP contribution in [0.15, 0.2) is 48.5 Å². The second-order valence-electron chi connectivity index (χ2n) is 8.96. The van der Waals surface area contributed by atoms with Crippen molar-refractivity contribution in [2.24, 2.45) is 0 Å². The zero-order chi connectivity index (χ0) is 24.2. The molecule has 0 saturated carbocycles. The third-order valence-corrected chi connectivity index (χ3v) is 6.31. The van der Waals surface area contributed by atoms with Gasteiger partial charge in [0, 0.05) is 25.4 Å². The highest BCUT2D eigenvalue weighted by molar-refractivity contribution is 5.86. The third kappa shape index (κ3) is 5.22. The van der Waals surface area contributed by atoms with Gasteiger partial charge in [0.05, 0.1) is 12.2 Å². The van der Waals surface area contributed by atoms with Crippen molar-refractivity contribution in [3.8, 4) is 11.1 Å². The van der Waals surface area contributed by atoms with E-state index in [0.29, 0.717) is 13.1 Å². The minimum atomic E-state index is -1.03. The zero-order valence-electron chi connectivity index (χ0n) is 19.4. The molecular weight excluding hydrogens is 436 g/mol. The molecule has 0 aromatic heterocycles. The first-order valence-electron chi connectivity index (χ1n) is 11.6. The molecule has 2 aliphatic rings. The number of hydrogen-bond acceptors (Lipinski definition) is 5. The van der Waals surface area contributed by atoms with Gasteiger partial charge in [-0.2, -0.15) is 0 Å². The molecule has 4 rings (SSSR count). The molecule has 1 fully saturated rings. The summed E-state index contributed by atoms with van der Waals surface area (Å²) in [7, 11) is 0. The van der Waals surface area contributed by atoms with Gasteiger partial charge in [0.25, 0.3) is 0 Å². The van der Waals surface area contributed by atoms with Gasteiger partial charge in [-0.3, -0.25) is 9.59 Å². The van der Waals surface area contributed by atoms with Crippen molar-refractivity contribution in [3.05, 3.63) is 59.7 Å². The van der Waals surface area contributed by atoms with E-state index in [4.69, 9.17) is 14.6 Å². The second kappa shape index (κ2) is 10.3. The lowest BCUT2D eigenvalue weighted by molar-refractivity contribution is -0.146. The van der Waals surface area contributed by atoms with Crippen LogP contribution in [0.2, 0.25) is 0 Å². The molecule has 0 radical (unpaired) electrons. The number of morpholine rings is 1. The Morgan fingerprint density at radius 2 is 1.59 bits per heavy atom. The van der Waals surface area contributed by atoms with Crippen LogP contribution in [0.1, 0.15) is 43.7 Å². The summed E-state index contributed by atoms with van der Waals surface area (Å²) in [6.45, 7) is 4.64. The molecule has 2 amide bonds. The average molecular weight is 467 g/mol. The van der Waals surface area contributed by atoms with Crippen LogP contribution < -0.4 is 5.32 Å². The smallest absolute Gasteiger partial charge is 0.407 e. The van der Waals surface area contributed by atoms with Gasteiger partial charge in [0.2, 0.25) is 5.91 Å². The molecule has 8 heteroatoms. The average Bonchev–Trinajstić information content (AvgIpc) is 3.13. The normalized spacial score (nSPS) is 20.2. The van der Waals surface area contributed by atoms with Gasteiger partial charge in [-0.05, 0) is 42.5 Å². The van der Waals surface area contributed by atoms with Gasteiger partial charge >= 0.3 is 12.1 Å². The Balaban J connectivity index is 1.43. The van der Waals surface area contributed by atoms with Gasteiger partial charge < -0.3 is 24.8 Å². The summed E-state index contributed by atoms with van der Waals surface area (Å²) in [5.74, 6) is -1.46. The van der Waals surface area contributed by atoms with Gasteiger partial charge in [-0.15, -0.1) is 0 Å². The highest BCUT2D eigenvalue weighted by atomic mass is 16.5. The molecule has 34 heavy (non-hydrogen) atoms. The third-order valence-electron chi connectivity index (χ3n) is 6.31. The van der Waals surface area contributed by atoms with Crippen LogP contribution in [0.3, 0.4) is 0 Å². The molecule has 180 valence electrons. The van der Waals surface area contributed by atoms with Crippen molar-refractivity contribution >= 4 is 18.0 Å². The Hall–Kier alpha value is -3.39. The number of alkyl carbamates (subject to hydrolysis) is 1. The molecule has 3 atom stereocenters. The molecule has 2 N–H and O–H groups in total. The number of nitrogens with zero attached hydrogens (tertiary/aromatic N) is 1. The van der Waals surface area contributed by atoms with Crippen molar-refractivity contribution in [2.45, 2.75) is 50.9 Å². The summed E-state index contributed by atoms with van der Waals surface area (Å²) in [6.07, 6.45) is -1.27. The number of benzene rings is 2. The number of fused-ring (bicyclic) bond motifs is 3. The summed E-state index contributed by atoms with van der Waals surface area (Å²) in [5, 5.41) is 11.7. The van der Waals surface area contributed by atoms with Crippen molar-refractivity contribution in [1.82, 2.24) is 10.2 Å². The highest BCUT2D eigenvalue weighted by Gasteiger charge is 2.33. The Morgan fingerprint density at radius 3 is 2.15 bits per heavy atom. The van der Waals surface area contributed by atoms with E-state index in [2.05, 4.69) is 17.4 Å². The van der Waals surface area contributed by atoms with E-state index >= 15 is 0 Å². The number of nitrogens with one attached hydrogen (secondary N) is 1. The molecule has 1 aliphatic carbocycles. The number of aliphatic carboxylic acids is 1. The van der Waals surface area contributed by atoms with E-state index in [9.17, 15) is 14.4 Å². The van der Waals surface area contributed by atoms with Gasteiger partial charge in [-0.1, -0.05) is 48.5 Å². The molecule has 2 aromatic rings. The van der Waals surface area contributed by atoms with E-state index in [0.717, 1.165) is 22.3 Å². The number of carbonyl (C=O) groups is 3. The largest absolute Gasteiger partial charge is 0.481 e. The fraction of sp³-hybridized carbons (Fsp3) is 0.423. The Morgan fingerprint density at radius 1 is 1.03 bits per heavy atom. The van der Waals surface area contributed by atoms with Crippen LogP contribution in [-0.4, -0.2) is 65.9 Å². The number of amides is 2. The topological polar surface area (TPSA) is 105 Å². The second-order valence-corrected chi connectivity index (χ2v) is 8.96. The molecule has 0 spiro atoms. The lowest BCUT2D eigenvalue weighted by Gasteiger charge is -2.37. The van der Waals surface area contributed by atoms with Crippen molar-refractivity contribution in [3.63, 3.8) is 0 Å². The van der Waals surface area contributed by atoms with Gasteiger partial charge in [0.15, 0.2) is 0 Å². The predicted octanol–water partition coefficient (Wildman–Crippen LogP) is 3.39. The Labute approximate surface area is 198 Å². The lowest BCUT2D eigenvalue weighted by Crippen LogP contribution is -2.55. The van der Waals surface area contributed by atoms with Gasteiger partial charge in [0.1, 0.15) is 12.6 Å². The summed E-state index contributed by atoms with van der Waals surface area (Å²) < 4.78 is 11.2. The summed E-state index contributed by atoms with van der Waals surface area (Å²) in [5.41, 5.74) is 4.42. The fourth-order valence-corrected chi connectivity index (χ4v) is 4.89. The molecule has 2 aromatic carbocycles. The van der Waals surface area contributed by atoms with E-state index in [1.165, 1.54) is 0 Å². The maximum absolute atomic E-state index is 13.1. The number of carboxylic acids is 1. The standard InChI is InChI=1S/C26H30N2O6/c1-16-13-28(14-17(2)34-16)25(31)23(11-12-24(29)30)27-26(32)33-15-22-20-9-5-3-7-18(20)19-8-4-6-10-21(19)22/h3-10,16-17,22-23H,11-15H2,1-2H3,(H,27,32)(H,29,30). The van der Waals surface area contributed by atoms with Crippen LogP contribution in [0, 0.1) is 0 Å². The summed E-state index contributed by atoms with van der Waals surface area (Å²) in [4.78, 5) is 38.6. The van der Waals surface area contributed by atoms with Crippen molar-refractivity contribution in [2.75, 3.05) is 19.7 Å². The van der Waals surface area contributed by atoms with E-state index in [1.54, 1.807) is 4.90 Å². The Bertz CT molecular complexity index is 1020. The van der Waals surface area contributed by atoms with Crippen LogP contribution in [0.5, 0.6) is 0 Å². The minimum Gasteiger partial charge on any atom is -0.481 e. The molecular formula is C26H30N2O6. The zero-order valence-corrected chi connectivity index (χ0v) is 19.4. The highest BCUT2D eigenvalue weighted by Crippen LogP contribution is 2.44. The number of ether oxygens (including phenoxy) is 2. The van der Waals surface area contributed by atoms with Crippen molar-refractivity contribution < 1.29 is 29.0 Å². The van der Waals surface area contributed by atoms with E-state index < -0.39 is 18.1 Å². The SMILES string of the molecule is CC1CN(C(=O)C(CCC(=O)O)NC(=O)OCC2c3ccccc3-c3ccccc32)CC(C)O1. The van der Waals surface area contributed by atoms with Crippen LogP contribution in [-0.2, 0) is 19.1 Å². The fourth-order valence-electron chi connectivity index (χ4n) is 4.89. The molecule has 1 saturated heterocycles. The van der Waals surface area contributed by atoms with E-state index in [1.807, 2.05) is 50.2 Å². The lowest BCUT2D eigenvalue weighted by atomic mass is 9.98.